The summed E-state index contributed by atoms with van der Waals surface area (Å²) in [6.07, 6.45) is 2.34. The molecule has 0 fully saturated rings. The van der Waals surface area contributed by atoms with E-state index in [9.17, 15) is 0 Å². The van der Waals surface area contributed by atoms with Crippen molar-refractivity contribution in [3.8, 4) is 0 Å². The molecule has 1 aromatic rings. The Kier molecular flexibility index (Phi) is 4.51. The fourth-order valence-corrected chi connectivity index (χ4v) is 1.84. The quantitative estimate of drug-likeness (QED) is 0.688. The van der Waals surface area contributed by atoms with Crippen LogP contribution in [0.4, 0.5) is 5.69 Å². The van der Waals surface area contributed by atoms with Gasteiger partial charge in [-0.1, -0.05) is 32.0 Å². The van der Waals surface area contributed by atoms with Crippen LogP contribution in [0.2, 0.25) is 0 Å². The second kappa shape index (κ2) is 5.69. The predicted octanol–water partition coefficient (Wildman–Crippen LogP) is 3.49. The van der Waals surface area contributed by atoms with Gasteiger partial charge in [0.2, 0.25) is 0 Å². The lowest BCUT2D eigenvalue weighted by atomic mass is 10.1. The summed E-state index contributed by atoms with van der Waals surface area (Å²) in [5, 5.41) is 0. The van der Waals surface area contributed by atoms with Crippen LogP contribution in [0.15, 0.2) is 24.3 Å². The third-order valence-corrected chi connectivity index (χ3v) is 2.59. The summed E-state index contributed by atoms with van der Waals surface area (Å²) in [6.45, 7) is 8.94. The number of hydrogen-bond acceptors (Lipinski definition) is 1. The molecule has 0 aliphatic rings. The Labute approximate surface area is 87.7 Å². The van der Waals surface area contributed by atoms with Crippen LogP contribution < -0.4 is 4.90 Å². The molecule has 1 nitrogen and oxygen atoms in total. The minimum absolute atomic E-state index is 1.10. The van der Waals surface area contributed by atoms with Gasteiger partial charge in [-0.25, -0.2) is 0 Å². The number of anilines is 1. The molecule has 0 aliphatic heterocycles. The Morgan fingerprint density at radius 2 is 1.79 bits per heavy atom. The van der Waals surface area contributed by atoms with E-state index in [1.54, 1.807) is 0 Å². The van der Waals surface area contributed by atoms with E-state index >= 15 is 0 Å². The highest BCUT2D eigenvalue weighted by atomic mass is 15.1. The van der Waals surface area contributed by atoms with Crippen LogP contribution >= 0.6 is 0 Å². The maximum atomic E-state index is 2.46. The summed E-state index contributed by atoms with van der Waals surface area (Å²) in [4.78, 5) is 2.46. The van der Waals surface area contributed by atoms with Crippen LogP contribution in [0.3, 0.4) is 0 Å². The van der Waals surface area contributed by atoms with E-state index in [-0.39, 0.29) is 0 Å². The third kappa shape index (κ3) is 2.50. The first-order chi connectivity index (χ1) is 6.83. The van der Waals surface area contributed by atoms with Crippen molar-refractivity contribution in [2.45, 2.75) is 33.6 Å². The second-order valence-corrected chi connectivity index (χ2v) is 3.56. The van der Waals surface area contributed by atoms with E-state index in [0.29, 0.717) is 0 Å². The molecule has 0 N–H and O–H groups in total. The van der Waals surface area contributed by atoms with Crippen molar-refractivity contribution < 1.29 is 0 Å². The van der Waals surface area contributed by atoms with Gasteiger partial charge in [0, 0.05) is 18.8 Å². The molecule has 0 radical (unpaired) electrons. The number of hydrogen-bond donors (Lipinski definition) is 0. The number of benzene rings is 1. The van der Waals surface area contributed by atoms with Crippen molar-refractivity contribution in [2.24, 2.45) is 0 Å². The number of para-hydroxylation sites is 1. The van der Waals surface area contributed by atoms with E-state index in [0.717, 1.165) is 19.5 Å². The van der Waals surface area contributed by atoms with Gasteiger partial charge in [0.1, 0.15) is 0 Å². The molecule has 0 bridgehead atoms. The second-order valence-electron chi connectivity index (χ2n) is 3.56. The molecule has 0 heterocycles. The van der Waals surface area contributed by atoms with Gasteiger partial charge in [0.05, 0.1) is 0 Å². The number of aryl methyl sites for hydroxylation is 1. The Hall–Kier alpha value is -0.980. The summed E-state index contributed by atoms with van der Waals surface area (Å²) in [5.41, 5.74) is 2.88. The van der Waals surface area contributed by atoms with E-state index in [2.05, 4.69) is 49.9 Å². The zero-order valence-corrected chi connectivity index (χ0v) is 9.59. The van der Waals surface area contributed by atoms with Gasteiger partial charge >= 0.3 is 0 Å². The maximum Gasteiger partial charge on any atom is 0.0398 e. The van der Waals surface area contributed by atoms with Crippen LogP contribution in [-0.4, -0.2) is 13.1 Å². The van der Waals surface area contributed by atoms with E-state index in [4.69, 9.17) is 0 Å². The average molecular weight is 191 g/mol. The van der Waals surface area contributed by atoms with E-state index < -0.39 is 0 Å². The van der Waals surface area contributed by atoms with E-state index in [1.165, 1.54) is 17.7 Å². The highest BCUT2D eigenvalue weighted by Crippen LogP contribution is 2.20. The van der Waals surface area contributed by atoms with E-state index in [1.807, 2.05) is 0 Å². The molecule has 0 aliphatic carbocycles. The molecule has 0 saturated heterocycles. The highest BCUT2D eigenvalue weighted by Gasteiger charge is 2.06. The maximum absolute atomic E-state index is 2.46. The standard InChI is InChI=1S/C13H21N/c1-4-11-14(6-3)13-10-8-7-9-12(13)5-2/h7-10H,4-6,11H2,1-3H3. The van der Waals surface area contributed by atoms with Gasteiger partial charge in [0.25, 0.3) is 0 Å². The van der Waals surface area contributed by atoms with Gasteiger partial charge in [-0.2, -0.15) is 0 Å². The number of nitrogens with zero attached hydrogens (tertiary/aromatic N) is 1. The number of rotatable bonds is 5. The molecule has 0 atom stereocenters. The van der Waals surface area contributed by atoms with Gasteiger partial charge in [-0.3, -0.25) is 0 Å². The molecule has 0 spiro atoms. The average Bonchev–Trinajstić information content (AvgIpc) is 2.26. The highest BCUT2D eigenvalue weighted by molar-refractivity contribution is 5.53. The van der Waals surface area contributed by atoms with Crippen molar-refractivity contribution in [1.82, 2.24) is 0 Å². The van der Waals surface area contributed by atoms with Gasteiger partial charge in [-0.15, -0.1) is 0 Å². The zero-order valence-electron chi connectivity index (χ0n) is 9.59. The minimum Gasteiger partial charge on any atom is -0.372 e. The molecule has 1 aromatic carbocycles. The largest absolute Gasteiger partial charge is 0.372 e. The zero-order chi connectivity index (χ0) is 10.4. The normalized spacial score (nSPS) is 10.2. The molecule has 0 unspecified atom stereocenters. The minimum atomic E-state index is 1.10. The first-order valence-corrected chi connectivity index (χ1v) is 5.66. The van der Waals surface area contributed by atoms with Gasteiger partial charge in [0.15, 0.2) is 0 Å². The lowest BCUT2D eigenvalue weighted by Gasteiger charge is -2.24. The smallest absolute Gasteiger partial charge is 0.0398 e. The van der Waals surface area contributed by atoms with Crippen LogP contribution in [-0.2, 0) is 6.42 Å². The lowest BCUT2D eigenvalue weighted by molar-refractivity contribution is 0.786. The molecule has 0 aromatic heterocycles. The summed E-state index contributed by atoms with van der Waals surface area (Å²) in [5.74, 6) is 0. The third-order valence-electron chi connectivity index (χ3n) is 2.59. The van der Waals surface area contributed by atoms with Gasteiger partial charge < -0.3 is 4.90 Å². The first kappa shape index (κ1) is 11.1. The van der Waals surface area contributed by atoms with Crippen molar-refractivity contribution in [3.05, 3.63) is 29.8 Å². The van der Waals surface area contributed by atoms with Crippen LogP contribution in [0.5, 0.6) is 0 Å². The van der Waals surface area contributed by atoms with Crippen molar-refractivity contribution in [3.63, 3.8) is 0 Å². The molecular weight excluding hydrogens is 170 g/mol. The molecule has 1 rings (SSSR count). The van der Waals surface area contributed by atoms with Crippen molar-refractivity contribution in [1.29, 1.82) is 0 Å². The fraction of sp³-hybridized carbons (Fsp3) is 0.538. The topological polar surface area (TPSA) is 3.24 Å². The summed E-state index contributed by atoms with van der Waals surface area (Å²) >= 11 is 0. The lowest BCUT2D eigenvalue weighted by Crippen LogP contribution is -2.24. The Bertz CT molecular complexity index is 268. The van der Waals surface area contributed by atoms with Crippen LogP contribution in [0.25, 0.3) is 0 Å². The Balaban J connectivity index is 2.90. The summed E-state index contributed by atoms with van der Waals surface area (Å²) < 4.78 is 0. The Morgan fingerprint density at radius 3 is 2.36 bits per heavy atom. The molecule has 78 valence electrons. The predicted molar refractivity (Wildman–Crippen MR) is 64.0 cm³/mol. The SMILES string of the molecule is CCCN(CC)c1ccccc1CC. The molecular formula is C13H21N. The van der Waals surface area contributed by atoms with Crippen LogP contribution in [0.1, 0.15) is 32.8 Å². The fourth-order valence-electron chi connectivity index (χ4n) is 1.84. The van der Waals surface area contributed by atoms with Crippen molar-refractivity contribution in [2.75, 3.05) is 18.0 Å². The van der Waals surface area contributed by atoms with Gasteiger partial charge in [-0.05, 0) is 31.4 Å². The first-order valence-electron chi connectivity index (χ1n) is 5.66. The molecule has 0 saturated carbocycles. The summed E-state index contributed by atoms with van der Waals surface area (Å²) in [6, 6.07) is 8.72. The Morgan fingerprint density at radius 1 is 1.07 bits per heavy atom. The molecule has 0 amide bonds. The molecule has 14 heavy (non-hydrogen) atoms. The summed E-state index contributed by atoms with van der Waals surface area (Å²) in [7, 11) is 0. The molecule has 1 heteroatoms. The van der Waals surface area contributed by atoms with Crippen molar-refractivity contribution >= 4 is 5.69 Å². The van der Waals surface area contributed by atoms with Crippen LogP contribution in [0, 0.1) is 0 Å². The monoisotopic (exact) mass is 191 g/mol.